The van der Waals surface area contributed by atoms with Gasteiger partial charge >= 0.3 is 0 Å². The van der Waals surface area contributed by atoms with Crippen LogP contribution in [0.15, 0.2) is 24.3 Å². The van der Waals surface area contributed by atoms with Crippen molar-refractivity contribution in [1.29, 1.82) is 0 Å². The van der Waals surface area contributed by atoms with Gasteiger partial charge in [0, 0.05) is 11.8 Å². The molecule has 0 spiro atoms. The summed E-state index contributed by atoms with van der Waals surface area (Å²) in [4.78, 5) is 22.7. The van der Waals surface area contributed by atoms with Gasteiger partial charge in [-0.1, -0.05) is 12.1 Å². The van der Waals surface area contributed by atoms with Gasteiger partial charge < -0.3 is 21.1 Å². The van der Waals surface area contributed by atoms with Crippen molar-refractivity contribution < 1.29 is 14.3 Å². The molecule has 0 unspecified atom stereocenters. The van der Waals surface area contributed by atoms with Gasteiger partial charge in [0.2, 0.25) is 5.91 Å². The van der Waals surface area contributed by atoms with Crippen molar-refractivity contribution in [2.75, 3.05) is 19.4 Å². The smallest absolute Gasteiger partial charge is 0.258 e. The van der Waals surface area contributed by atoms with E-state index in [4.69, 9.17) is 10.5 Å². The highest BCUT2D eigenvalue weighted by atomic mass is 32.1. The summed E-state index contributed by atoms with van der Waals surface area (Å²) < 4.78 is 5.37. The maximum atomic E-state index is 11.7. The number of nitrogens with two attached hydrogens (primary N) is 1. The minimum Gasteiger partial charge on any atom is -0.484 e. The van der Waals surface area contributed by atoms with Crippen LogP contribution >= 0.6 is 12.6 Å². The summed E-state index contributed by atoms with van der Waals surface area (Å²) in [5.41, 5.74) is 6.30. The first kappa shape index (κ1) is 18.3. The molecule has 7 heteroatoms. The van der Waals surface area contributed by atoms with Crippen molar-refractivity contribution in [1.82, 2.24) is 10.6 Å². The van der Waals surface area contributed by atoms with Gasteiger partial charge in [0.25, 0.3) is 5.91 Å². The van der Waals surface area contributed by atoms with E-state index in [1.54, 1.807) is 0 Å². The van der Waals surface area contributed by atoms with Gasteiger partial charge in [-0.15, -0.1) is 0 Å². The van der Waals surface area contributed by atoms with Crippen molar-refractivity contribution in [3.05, 3.63) is 29.8 Å². The van der Waals surface area contributed by atoms with E-state index in [1.165, 1.54) is 5.56 Å². The molecule has 0 radical (unpaired) electrons. The molecule has 1 aromatic carbocycles. The van der Waals surface area contributed by atoms with Crippen LogP contribution in [0.25, 0.3) is 0 Å². The normalized spacial score (nSPS) is 13.2. The van der Waals surface area contributed by atoms with Crippen LogP contribution in [0.1, 0.15) is 12.5 Å². The Morgan fingerprint density at radius 2 is 1.95 bits per heavy atom. The van der Waals surface area contributed by atoms with E-state index in [0.717, 1.165) is 6.42 Å². The number of likely N-dealkylation sites (N-methyl/N-ethyl adjacent to an activating group) is 1. The lowest BCUT2D eigenvalue weighted by Gasteiger charge is -2.13. The standard InChI is InChI=1S/C15H23N3O3S/c1-10(17-2)7-11-3-5-12(6-4-11)21-8-14(19)18-13(9-22)15(16)20/h3-6,10,13,17,22H,7-9H2,1-2H3,(H2,16,20)(H,18,19)/t10-,13-/m0/s1. The highest BCUT2D eigenvalue weighted by Crippen LogP contribution is 2.13. The summed E-state index contributed by atoms with van der Waals surface area (Å²) in [6.45, 7) is 1.93. The lowest BCUT2D eigenvalue weighted by atomic mass is 10.1. The second-order valence-corrected chi connectivity index (χ2v) is 5.40. The van der Waals surface area contributed by atoms with E-state index in [0.29, 0.717) is 11.8 Å². The van der Waals surface area contributed by atoms with Crippen molar-refractivity contribution in [3.63, 3.8) is 0 Å². The Balaban J connectivity index is 2.44. The SMILES string of the molecule is CN[C@@H](C)Cc1ccc(OCC(=O)N[C@@H](CS)C(N)=O)cc1. The highest BCUT2D eigenvalue weighted by molar-refractivity contribution is 7.80. The van der Waals surface area contributed by atoms with Crippen molar-refractivity contribution in [3.8, 4) is 5.75 Å². The second kappa shape index (κ2) is 9.32. The van der Waals surface area contributed by atoms with Gasteiger partial charge in [-0.05, 0) is 38.1 Å². The zero-order chi connectivity index (χ0) is 16.5. The van der Waals surface area contributed by atoms with E-state index in [-0.39, 0.29) is 12.4 Å². The van der Waals surface area contributed by atoms with Crippen LogP contribution < -0.4 is 21.1 Å². The first-order valence-corrected chi connectivity index (χ1v) is 7.68. The zero-order valence-corrected chi connectivity index (χ0v) is 13.7. The van der Waals surface area contributed by atoms with Crippen LogP contribution in [0.2, 0.25) is 0 Å². The first-order chi connectivity index (χ1) is 10.5. The summed E-state index contributed by atoms with van der Waals surface area (Å²) in [5, 5.41) is 5.63. The quantitative estimate of drug-likeness (QED) is 0.485. The predicted molar refractivity (Wildman–Crippen MR) is 89.1 cm³/mol. The topological polar surface area (TPSA) is 93.4 Å². The average molecular weight is 325 g/mol. The minimum atomic E-state index is -0.787. The first-order valence-electron chi connectivity index (χ1n) is 7.04. The van der Waals surface area contributed by atoms with Crippen LogP contribution in [0.5, 0.6) is 5.75 Å². The Morgan fingerprint density at radius 1 is 1.32 bits per heavy atom. The predicted octanol–water partition coefficient (Wildman–Crippen LogP) is 0.116. The maximum absolute atomic E-state index is 11.7. The van der Waals surface area contributed by atoms with E-state index in [9.17, 15) is 9.59 Å². The summed E-state index contributed by atoms with van der Waals surface area (Å²) in [5.74, 6) is -0.283. The van der Waals surface area contributed by atoms with Crippen LogP contribution in [0.3, 0.4) is 0 Å². The molecule has 0 aliphatic rings. The summed E-state index contributed by atoms with van der Waals surface area (Å²) in [7, 11) is 1.92. The molecule has 0 heterocycles. The molecular formula is C15H23N3O3S. The van der Waals surface area contributed by atoms with Crippen LogP contribution in [-0.4, -0.2) is 43.3 Å². The van der Waals surface area contributed by atoms with Crippen LogP contribution in [0.4, 0.5) is 0 Å². The van der Waals surface area contributed by atoms with E-state index >= 15 is 0 Å². The number of amides is 2. The Kier molecular flexibility index (Phi) is 7.76. The maximum Gasteiger partial charge on any atom is 0.258 e. The Bertz CT molecular complexity index is 493. The fourth-order valence-corrected chi connectivity index (χ4v) is 2.04. The number of thiol groups is 1. The molecule has 0 saturated heterocycles. The monoisotopic (exact) mass is 325 g/mol. The summed E-state index contributed by atoms with van der Waals surface area (Å²) in [6, 6.07) is 7.15. The Hall–Kier alpha value is -1.73. The van der Waals surface area contributed by atoms with Gasteiger partial charge in [-0.3, -0.25) is 9.59 Å². The Morgan fingerprint density at radius 3 is 2.45 bits per heavy atom. The molecule has 0 fully saturated rings. The highest BCUT2D eigenvalue weighted by Gasteiger charge is 2.16. The number of hydrogen-bond donors (Lipinski definition) is 4. The molecule has 0 saturated carbocycles. The third kappa shape index (κ3) is 6.36. The molecule has 1 aromatic rings. The number of benzene rings is 1. The number of carbonyl (C=O) groups is 2. The molecule has 1 rings (SSSR count). The molecule has 0 aliphatic heterocycles. The lowest BCUT2D eigenvalue weighted by molar-refractivity contribution is -0.128. The molecule has 122 valence electrons. The van der Waals surface area contributed by atoms with Crippen LogP contribution in [0, 0.1) is 0 Å². The van der Waals surface area contributed by atoms with Crippen molar-refractivity contribution in [2.24, 2.45) is 5.73 Å². The third-order valence-electron chi connectivity index (χ3n) is 3.19. The molecule has 2 atom stereocenters. The van der Waals surface area contributed by atoms with Gasteiger partial charge in [0.05, 0.1) is 0 Å². The van der Waals surface area contributed by atoms with E-state index < -0.39 is 17.9 Å². The van der Waals surface area contributed by atoms with Crippen LogP contribution in [-0.2, 0) is 16.0 Å². The molecule has 6 nitrogen and oxygen atoms in total. The second-order valence-electron chi connectivity index (χ2n) is 5.03. The largest absolute Gasteiger partial charge is 0.484 e. The number of rotatable bonds is 9. The van der Waals surface area contributed by atoms with Crippen molar-refractivity contribution in [2.45, 2.75) is 25.4 Å². The number of nitrogens with one attached hydrogen (secondary N) is 2. The van der Waals surface area contributed by atoms with E-state index in [1.807, 2.05) is 31.3 Å². The van der Waals surface area contributed by atoms with Crippen molar-refractivity contribution >= 4 is 24.4 Å². The molecule has 0 aliphatic carbocycles. The fourth-order valence-electron chi connectivity index (χ4n) is 1.77. The number of primary amides is 1. The fraction of sp³-hybridized carbons (Fsp3) is 0.467. The minimum absolute atomic E-state index is 0.152. The molecule has 4 N–H and O–H groups in total. The molecule has 0 aromatic heterocycles. The van der Waals surface area contributed by atoms with Gasteiger partial charge in [-0.25, -0.2) is 0 Å². The summed E-state index contributed by atoms with van der Waals surface area (Å²) in [6.07, 6.45) is 0.916. The Labute approximate surface area is 136 Å². The molecule has 22 heavy (non-hydrogen) atoms. The molecule has 2 amide bonds. The summed E-state index contributed by atoms with van der Waals surface area (Å²) >= 11 is 3.95. The van der Waals surface area contributed by atoms with Gasteiger partial charge in [0.1, 0.15) is 11.8 Å². The molecule has 0 bridgehead atoms. The number of ether oxygens (including phenoxy) is 1. The lowest BCUT2D eigenvalue weighted by Crippen LogP contribution is -2.47. The van der Waals surface area contributed by atoms with Gasteiger partial charge in [-0.2, -0.15) is 12.6 Å². The molecular weight excluding hydrogens is 302 g/mol. The third-order valence-corrected chi connectivity index (χ3v) is 3.55. The zero-order valence-electron chi connectivity index (χ0n) is 12.8. The van der Waals surface area contributed by atoms with Gasteiger partial charge in [0.15, 0.2) is 6.61 Å². The number of hydrogen-bond acceptors (Lipinski definition) is 5. The number of carbonyl (C=O) groups excluding carboxylic acids is 2. The van der Waals surface area contributed by atoms with E-state index in [2.05, 4.69) is 30.2 Å². The average Bonchev–Trinajstić information content (AvgIpc) is 2.51.